The summed E-state index contributed by atoms with van der Waals surface area (Å²) in [5.41, 5.74) is 2.79. The van der Waals surface area contributed by atoms with Crippen LogP contribution in [0.5, 0.6) is 5.75 Å². The Hall–Kier alpha value is -2.54. The van der Waals surface area contributed by atoms with Crippen LogP contribution in [0.25, 0.3) is 0 Å². The molecule has 2 aromatic carbocycles. The lowest BCUT2D eigenvalue weighted by Gasteiger charge is -2.34. The minimum Gasteiger partial charge on any atom is -0.476 e. The second kappa shape index (κ2) is 6.88. The first-order valence-corrected chi connectivity index (χ1v) is 10.6. The van der Waals surface area contributed by atoms with Gasteiger partial charge in [-0.3, -0.25) is 9.10 Å². The minimum atomic E-state index is -3.81. The average molecular weight is 386 g/mol. The lowest BCUT2D eigenvalue weighted by Crippen LogP contribution is -2.50. The number of ether oxygens (including phenoxy) is 1. The maximum Gasteiger partial charge on any atom is 0.264 e. The van der Waals surface area contributed by atoms with Gasteiger partial charge in [0.15, 0.2) is 6.10 Å². The number of likely N-dealkylation sites (N-methyl/N-ethyl adjacent to an activating group) is 1. The van der Waals surface area contributed by atoms with Crippen LogP contribution in [-0.4, -0.2) is 34.0 Å². The van der Waals surface area contributed by atoms with Crippen molar-refractivity contribution in [3.63, 3.8) is 0 Å². The van der Waals surface area contributed by atoms with Crippen LogP contribution in [0.4, 0.5) is 5.69 Å². The lowest BCUT2D eigenvalue weighted by atomic mass is 9.92. The first-order valence-electron chi connectivity index (χ1n) is 9.12. The molecule has 27 heavy (non-hydrogen) atoms. The molecule has 0 unspecified atom stereocenters. The predicted octanol–water partition coefficient (Wildman–Crippen LogP) is 2.27. The number of fused-ring (bicyclic) bond motifs is 2. The number of amides is 1. The lowest BCUT2D eigenvalue weighted by molar-refractivity contribution is -0.127. The first kappa shape index (κ1) is 17.9. The molecule has 0 saturated heterocycles. The summed E-state index contributed by atoms with van der Waals surface area (Å²) < 4.78 is 33.9. The summed E-state index contributed by atoms with van der Waals surface area (Å²) in [7, 11) is -2.30. The Labute approximate surface area is 159 Å². The van der Waals surface area contributed by atoms with Crippen molar-refractivity contribution in [2.24, 2.45) is 0 Å². The van der Waals surface area contributed by atoms with Gasteiger partial charge < -0.3 is 10.1 Å². The van der Waals surface area contributed by atoms with Gasteiger partial charge in [0.2, 0.25) is 0 Å². The van der Waals surface area contributed by atoms with E-state index in [2.05, 4.69) is 5.32 Å². The zero-order valence-corrected chi connectivity index (χ0v) is 16.0. The summed E-state index contributed by atoms with van der Waals surface area (Å²) in [5.74, 6) is 0.0361. The highest BCUT2D eigenvalue weighted by Crippen LogP contribution is 2.37. The van der Waals surface area contributed by atoms with Gasteiger partial charge in [-0.05, 0) is 61.1 Å². The van der Waals surface area contributed by atoms with Gasteiger partial charge >= 0.3 is 0 Å². The predicted molar refractivity (Wildman–Crippen MR) is 103 cm³/mol. The van der Waals surface area contributed by atoms with Crippen molar-refractivity contribution < 1.29 is 17.9 Å². The quantitative estimate of drug-likeness (QED) is 0.878. The third kappa shape index (κ3) is 3.16. The van der Waals surface area contributed by atoms with Crippen molar-refractivity contribution in [3.8, 4) is 5.75 Å². The highest BCUT2D eigenvalue weighted by atomic mass is 32.2. The number of hydrogen-bond acceptors (Lipinski definition) is 4. The van der Waals surface area contributed by atoms with Crippen molar-refractivity contribution in [1.29, 1.82) is 0 Å². The number of nitrogens with one attached hydrogen (secondary N) is 1. The summed E-state index contributed by atoms with van der Waals surface area (Å²) >= 11 is 0. The first-order chi connectivity index (χ1) is 13.0. The molecule has 4 rings (SSSR count). The third-order valence-corrected chi connectivity index (χ3v) is 6.96. The molecule has 0 bridgehead atoms. The van der Waals surface area contributed by atoms with Gasteiger partial charge in [-0.15, -0.1) is 0 Å². The zero-order chi connectivity index (χ0) is 19.0. The topological polar surface area (TPSA) is 75.7 Å². The third-order valence-electron chi connectivity index (χ3n) is 5.18. The molecule has 2 aromatic rings. The van der Waals surface area contributed by atoms with Crippen LogP contribution in [0.1, 0.15) is 24.0 Å². The number of carbonyl (C=O) groups is 1. The summed E-state index contributed by atoms with van der Waals surface area (Å²) in [6, 6.07) is 12.3. The van der Waals surface area contributed by atoms with Gasteiger partial charge in [0.05, 0.1) is 17.1 Å². The van der Waals surface area contributed by atoms with E-state index >= 15 is 0 Å². The highest BCUT2D eigenvalue weighted by Gasteiger charge is 2.37. The van der Waals surface area contributed by atoms with E-state index in [1.165, 1.54) is 16.9 Å². The molecular formula is C20H22N2O4S. The molecule has 6 nitrogen and oxygen atoms in total. The maximum atomic E-state index is 13.4. The number of benzene rings is 2. The fourth-order valence-corrected chi connectivity index (χ4v) is 5.25. The monoisotopic (exact) mass is 386 g/mol. The summed E-state index contributed by atoms with van der Waals surface area (Å²) in [6.45, 7) is -0.0594. The average Bonchev–Trinajstić information content (AvgIpc) is 2.71. The molecule has 0 saturated carbocycles. The normalized spacial score (nSPS) is 18.9. The van der Waals surface area contributed by atoms with E-state index in [-0.39, 0.29) is 17.3 Å². The molecule has 1 atom stereocenters. The van der Waals surface area contributed by atoms with Crippen molar-refractivity contribution >= 4 is 21.6 Å². The van der Waals surface area contributed by atoms with Crippen LogP contribution in [-0.2, 0) is 27.7 Å². The smallest absolute Gasteiger partial charge is 0.264 e. The van der Waals surface area contributed by atoms with Crippen LogP contribution in [0.15, 0.2) is 47.4 Å². The molecule has 0 fully saturated rings. The van der Waals surface area contributed by atoms with Gasteiger partial charge in [0.25, 0.3) is 15.9 Å². The number of nitrogens with zero attached hydrogens (tertiary/aromatic N) is 1. The molecule has 0 aromatic heterocycles. The zero-order valence-electron chi connectivity index (χ0n) is 15.1. The van der Waals surface area contributed by atoms with Gasteiger partial charge in [-0.25, -0.2) is 8.42 Å². The van der Waals surface area contributed by atoms with Crippen LogP contribution < -0.4 is 14.4 Å². The number of para-hydroxylation sites is 2. The van der Waals surface area contributed by atoms with Crippen molar-refractivity contribution in [2.45, 2.75) is 36.7 Å². The maximum absolute atomic E-state index is 13.4. The van der Waals surface area contributed by atoms with Crippen LogP contribution >= 0.6 is 0 Å². The minimum absolute atomic E-state index is 0.0594. The molecule has 1 N–H and O–H groups in total. The van der Waals surface area contributed by atoms with E-state index in [1.807, 2.05) is 6.07 Å². The van der Waals surface area contributed by atoms with Gasteiger partial charge in [0, 0.05) is 7.05 Å². The molecule has 1 aliphatic heterocycles. The Balaban J connectivity index is 1.77. The number of aryl methyl sites for hydroxylation is 2. The Bertz CT molecular complexity index is 987. The van der Waals surface area contributed by atoms with Crippen LogP contribution in [0.3, 0.4) is 0 Å². The molecule has 1 heterocycles. The SMILES string of the molecule is CNC(=O)[C@H]1CN(S(=O)(=O)c2ccc3c(c2)CCCC3)c2ccccc2O1. The number of sulfonamides is 1. The van der Waals surface area contributed by atoms with Crippen molar-refractivity contribution in [3.05, 3.63) is 53.6 Å². The van der Waals surface area contributed by atoms with Crippen LogP contribution in [0.2, 0.25) is 0 Å². The molecular weight excluding hydrogens is 364 g/mol. The Morgan fingerprint density at radius 2 is 1.85 bits per heavy atom. The molecule has 1 amide bonds. The number of hydrogen-bond donors (Lipinski definition) is 1. The molecule has 0 spiro atoms. The van der Waals surface area contributed by atoms with Gasteiger partial charge in [-0.1, -0.05) is 18.2 Å². The molecule has 0 radical (unpaired) electrons. The van der Waals surface area contributed by atoms with E-state index < -0.39 is 16.1 Å². The molecule has 7 heteroatoms. The van der Waals surface area contributed by atoms with E-state index in [0.29, 0.717) is 11.4 Å². The summed E-state index contributed by atoms with van der Waals surface area (Å²) in [4.78, 5) is 12.4. The fraction of sp³-hybridized carbons (Fsp3) is 0.350. The van der Waals surface area contributed by atoms with Crippen molar-refractivity contribution in [2.75, 3.05) is 17.9 Å². The van der Waals surface area contributed by atoms with Gasteiger partial charge in [0.1, 0.15) is 5.75 Å². The van der Waals surface area contributed by atoms with E-state index in [4.69, 9.17) is 4.74 Å². The standard InChI is InChI=1S/C20H22N2O4S/c1-21-20(23)19-13-22(17-8-4-5-9-18(17)26-19)27(24,25)16-11-10-14-6-2-3-7-15(14)12-16/h4-5,8-12,19H,2-3,6-7,13H2,1H3,(H,21,23)/t19-/m1/s1. The van der Waals surface area contributed by atoms with E-state index in [0.717, 1.165) is 31.2 Å². The second-order valence-corrected chi connectivity index (χ2v) is 8.72. The fourth-order valence-electron chi connectivity index (χ4n) is 3.72. The number of rotatable bonds is 3. The molecule has 1 aliphatic carbocycles. The Morgan fingerprint density at radius 1 is 1.11 bits per heavy atom. The molecule has 142 valence electrons. The van der Waals surface area contributed by atoms with Gasteiger partial charge in [-0.2, -0.15) is 0 Å². The Morgan fingerprint density at radius 3 is 2.63 bits per heavy atom. The summed E-state index contributed by atoms with van der Waals surface area (Å²) in [5, 5.41) is 2.53. The largest absolute Gasteiger partial charge is 0.476 e. The second-order valence-electron chi connectivity index (χ2n) is 6.86. The van der Waals surface area contributed by atoms with Crippen LogP contribution in [0, 0.1) is 0 Å². The Kier molecular flexibility index (Phi) is 4.55. The van der Waals surface area contributed by atoms with E-state index in [9.17, 15) is 13.2 Å². The summed E-state index contributed by atoms with van der Waals surface area (Å²) in [6.07, 6.45) is 3.23. The highest BCUT2D eigenvalue weighted by molar-refractivity contribution is 7.92. The van der Waals surface area contributed by atoms with Crippen molar-refractivity contribution in [1.82, 2.24) is 5.32 Å². The van der Waals surface area contributed by atoms with E-state index in [1.54, 1.807) is 36.4 Å². The molecule has 2 aliphatic rings. The number of carbonyl (C=O) groups excluding carboxylic acids is 1. The number of anilines is 1.